The molecular weight excluding hydrogens is 391 g/mol. The van der Waals surface area contributed by atoms with E-state index < -0.39 is 0 Å². The number of methoxy groups -OCH3 is 1. The highest BCUT2D eigenvalue weighted by Crippen LogP contribution is 2.46. The number of guanidine groups is 1. The molecule has 0 radical (unpaired) electrons. The monoisotopic (exact) mass is 424 g/mol. The summed E-state index contributed by atoms with van der Waals surface area (Å²) in [5.74, 6) is 2.27. The van der Waals surface area contributed by atoms with Crippen LogP contribution in [-0.4, -0.2) is 50.7 Å². The molecule has 1 aliphatic carbocycles. The highest BCUT2D eigenvalue weighted by molar-refractivity contribution is 5.80. The van der Waals surface area contributed by atoms with Gasteiger partial charge in [0.25, 0.3) is 0 Å². The Morgan fingerprint density at radius 1 is 1.16 bits per heavy atom. The highest BCUT2D eigenvalue weighted by Gasteiger charge is 2.37. The molecule has 2 unspecified atom stereocenters. The maximum Gasteiger partial charge on any atom is 0.191 e. The highest BCUT2D eigenvalue weighted by atomic mass is 19.1. The SMILES string of the molecule is CN=C(NCC1CC1c1ccccc1)NC1CCN(Cc2ccc(OC)c(F)c2)CC1. The molecule has 1 saturated heterocycles. The molecule has 0 spiro atoms. The normalized spacial score (nSPS) is 22.2. The number of nitrogens with one attached hydrogen (secondary N) is 2. The average molecular weight is 425 g/mol. The van der Waals surface area contributed by atoms with Gasteiger partial charge in [-0.1, -0.05) is 36.4 Å². The average Bonchev–Trinajstić information content (AvgIpc) is 3.58. The molecule has 2 atom stereocenters. The van der Waals surface area contributed by atoms with Crippen LogP contribution in [0.15, 0.2) is 53.5 Å². The maximum absolute atomic E-state index is 13.9. The molecule has 0 amide bonds. The summed E-state index contributed by atoms with van der Waals surface area (Å²) in [6, 6.07) is 16.4. The van der Waals surface area contributed by atoms with Gasteiger partial charge in [0.05, 0.1) is 7.11 Å². The van der Waals surface area contributed by atoms with E-state index in [1.165, 1.54) is 19.1 Å². The third-order valence-electron chi connectivity index (χ3n) is 6.46. The van der Waals surface area contributed by atoms with Gasteiger partial charge in [0.1, 0.15) is 0 Å². The van der Waals surface area contributed by atoms with Gasteiger partial charge in [0, 0.05) is 39.3 Å². The Hall–Kier alpha value is -2.60. The Balaban J connectivity index is 1.18. The molecule has 2 aromatic carbocycles. The summed E-state index contributed by atoms with van der Waals surface area (Å²) in [5, 5.41) is 7.11. The Bertz CT molecular complexity index is 880. The first-order chi connectivity index (χ1) is 15.2. The Morgan fingerprint density at radius 2 is 1.94 bits per heavy atom. The fourth-order valence-corrected chi connectivity index (χ4v) is 4.50. The number of ether oxygens (including phenoxy) is 1. The van der Waals surface area contributed by atoms with Crippen LogP contribution < -0.4 is 15.4 Å². The minimum atomic E-state index is -0.295. The Kier molecular flexibility index (Phi) is 7.07. The summed E-state index contributed by atoms with van der Waals surface area (Å²) < 4.78 is 18.9. The predicted molar refractivity (Wildman–Crippen MR) is 123 cm³/mol. The van der Waals surface area contributed by atoms with Crippen LogP contribution in [0, 0.1) is 11.7 Å². The zero-order valence-electron chi connectivity index (χ0n) is 18.5. The number of hydrogen-bond acceptors (Lipinski definition) is 3. The Labute approximate surface area is 184 Å². The van der Waals surface area contributed by atoms with Crippen molar-refractivity contribution in [2.75, 3.05) is 33.8 Å². The zero-order chi connectivity index (χ0) is 21.6. The van der Waals surface area contributed by atoms with Crippen molar-refractivity contribution >= 4 is 5.96 Å². The van der Waals surface area contributed by atoms with Gasteiger partial charge in [-0.3, -0.25) is 9.89 Å². The van der Waals surface area contributed by atoms with Crippen LogP contribution in [0.25, 0.3) is 0 Å². The number of piperidine rings is 1. The van der Waals surface area contributed by atoms with Gasteiger partial charge in [-0.2, -0.15) is 0 Å². The third kappa shape index (κ3) is 5.76. The molecule has 0 aromatic heterocycles. The number of nitrogens with zero attached hydrogens (tertiary/aromatic N) is 2. The molecule has 2 aromatic rings. The van der Waals surface area contributed by atoms with Crippen molar-refractivity contribution in [2.24, 2.45) is 10.9 Å². The summed E-state index contributed by atoms with van der Waals surface area (Å²) in [6.45, 7) is 3.70. The fraction of sp³-hybridized carbons (Fsp3) is 0.480. The molecule has 0 bridgehead atoms. The van der Waals surface area contributed by atoms with Gasteiger partial charge < -0.3 is 15.4 Å². The van der Waals surface area contributed by atoms with Crippen molar-refractivity contribution in [1.82, 2.24) is 15.5 Å². The topological polar surface area (TPSA) is 48.9 Å². The third-order valence-corrected chi connectivity index (χ3v) is 6.46. The van der Waals surface area contributed by atoms with Crippen molar-refractivity contribution in [2.45, 2.75) is 37.8 Å². The van der Waals surface area contributed by atoms with Crippen molar-refractivity contribution in [3.8, 4) is 5.75 Å². The van der Waals surface area contributed by atoms with Gasteiger partial charge in [0.2, 0.25) is 0 Å². The molecule has 6 heteroatoms. The van der Waals surface area contributed by atoms with Gasteiger partial charge in [0.15, 0.2) is 17.5 Å². The molecule has 4 rings (SSSR count). The van der Waals surface area contributed by atoms with E-state index in [0.717, 1.165) is 50.5 Å². The van der Waals surface area contributed by atoms with Crippen LogP contribution in [0.5, 0.6) is 5.75 Å². The van der Waals surface area contributed by atoms with Crippen LogP contribution in [-0.2, 0) is 6.54 Å². The number of benzene rings is 2. The number of rotatable bonds is 7. The standard InChI is InChI=1S/C25H33FN4O/c1-27-25(28-16-20-15-22(20)19-6-4-3-5-7-19)29-21-10-12-30(13-11-21)17-18-8-9-24(31-2)23(26)14-18/h3-9,14,20-22H,10-13,15-17H2,1-2H3,(H2,27,28,29). The second kappa shape index (κ2) is 10.1. The van der Waals surface area contributed by atoms with Gasteiger partial charge in [-0.25, -0.2) is 4.39 Å². The summed E-state index contributed by atoms with van der Waals surface area (Å²) >= 11 is 0. The first-order valence-corrected chi connectivity index (χ1v) is 11.2. The molecule has 1 heterocycles. The van der Waals surface area contributed by atoms with E-state index in [0.29, 0.717) is 23.6 Å². The molecule has 166 valence electrons. The van der Waals surface area contributed by atoms with E-state index in [2.05, 4.69) is 50.9 Å². The van der Waals surface area contributed by atoms with Crippen molar-refractivity contribution < 1.29 is 9.13 Å². The molecule has 2 fully saturated rings. The summed E-state index contributed by atoms with van der Waals surface area (Å²) in [6.07, 6.45) is 3.35. The van der Waals surface area contributed by atoms with E-state index in [1.807, 2.05) is 13.1 Å². The number of likely N-dealkylation sites (tertiary alicyclic amines) is 1. The summed E-state index contributed by atoms with van der Waals surface area (Å²) in [5.41, 5.74) is 2.43. The minimum Gasteiger partial charge on any atom is -0.494 e. The number of hydrogen-bond donors (Lipinski definition) is 2. The van der Waals surface area contributed by atoms with Crippen LogP contribution in [0.4, 0.5) is 4.39 Å². The first-order valence-electron chi connectivity index (χ1n) is 11.2. The summed E-state index contributed by atoms with van der Waals surface area (Å²) in [4.78, 5) is 6.80. The molecule has 2 aliphatic rings. The molecule has 1 saturated carbocycles. The molecule has 5 nitrogen and oxygen atoms in total. The number of halogens is 1. The minimum absolute atomic E-state index is 0.295. The van der Waals surface area contributed by atoms with E-state index in [-0.39, 0.29) is 5.82 Å². The molecule has 2 N–H and O–H groups in total. The smallest absolute Gasteiger partial charge is 0.191 e. The lowest BCUT2D eigenvalue weighted by Crippen LogP contribution is -2.48. The second-order valence-electron chi connectivity index (χ2n) is 8.63. The van der Waals surface area contributed by atoms with Gasteiger partial charge >= 0.3 is 0 Å². The van der Waals surface area contributed by atoms with Crippen molar-refractivity contribution in [3.05, 3.63) is 65.5 Å². The van der Waals surface area contributed by atoms with Crippen LogP contribution in [0.3, 0.4) is 0 Å². The largest absolute Gasteiger partial charge is 0.494 e. The Morgan fingerprint density at radius 3 is 2.61 bits per heavy atom. The number of aliphatic imine (C=N–C) groups is 1. The molecule has 31 heavy (non-hydrogen) atoms. The maximum atomic E-state index is 13.9. The zero-order valence-corrected chi connectivity index (χ0v) is 18.5. The van der Waals surface area contributed by atoms with E-state index in [1.54, 1.807) is 12.1 Å². The first kappa shape index (κ1) is 21.6. The van der Waals surface area contributed by atoms with Gasteiger partial charge in [-0.05, 0) is 54.4 Å². The van der Waals surface area contributed by atoms with E-state index >= 15 is 0 Å². The van der Waals surface area contributed by atoms with Crippen molar-refractivity contribution in [3.63, 3.8) is 0 Å². The fourth-order valence-electron chi connectivity index (χ4n) is 4.50. The lowest BCUT2D eigenvalue weighted by atomic mass is 10.0. The lowest BCUT2D eigenvalue weighted by Gasteiger charge is -2.33. The quantitative estimate of drug-likeness (QED) is 0.525. The second-order valence-corrected chi connectivity index (χ2v) is 8.63. The van der Waals surface area contributed by atoms with E-state index in [9.17, 15) is 4.39 Å². The van der Waals surface area contributed by atoms with Crippen LogP contribution in [0.2, 0.25) is 0 Å². The summed E-state index contributed by atoms with van der Waals surface area (Å²) in [7, 11) is 3.33. The van der Waals surface area contributed by atoms with Crippen LogP contribution in [0.1, 0.15) is 36.3 Å². The molecular formula is C25H33FN4O. The van der Waals surface area contributed by atoms with Crippen molar-refractivity contribution in [1.29, 1.82) is 0 Å². The van der Waals surface area contributed by atoms with Gasteiger partial charge in [-0.15, -0.1) is 0 Å². The molecule has 1 aliphatic heterocycles. The van der Waals surface area contributed by atoms with E-state index in [4.69, 9.17) is 4.74 Å². The lowest BCUT2D eigenvalue weighted by molar-refractivity contribution is 0.198. The predicted octanol–water partition coefficient (Wildman–Crippen LogP) is 3.77. The van der Waals surface area contributed by atoms with Crippen LogP contribution >= 0.6 is 0 Å².